The first kappa shape index (κ1) is 21.2. The van der Waals surface area contributed by atoms with Crippen molar-refractivity contribution in [3.63, 3.8) is 0 Å². The maximum atomic E-state index is 10.4. The van der Waals surface area contributed by atoms with Crippen molar-refractivity contribution in [3.8, 4) is 0 Å². The van der Waals surface area contributed by atoms with Gasteiger partial charge >= 0.3 is 29.6 Å². The van der Waals surface area contributed by atoms with Crippen LogP contribution in [0.3, 0.4) is 0 Å². The zero-order valence-corrected chi connectivity index (χ0v) is 14.8. The summed E-state index contributed by atoms with van der Waals surface area (Å²) in [5.74, 6) is 0.205. The van der Waals surface area contributed by atoms with Gasteiger partial charge in [0.05, 0.1) is 6.61 Å². The molecule has 0 aromatic rings. The van der Waals surface area contributed by atoms with E-state index < -0.39 is 10.4 Å². The van der Waals surface area contributed by atoms with Crippen LogP contribution in [0.1, 0.15) is 65.2 Å². The summed E-state index contributed by atoms with van der Waals surface area (Å²) in [5, 5.41) is 0. The smallest absolute Gasteiger partial charge is 0.726 e. The fraction of sp³-hybridized carbons (Fsp3) is 1.00. The fourth-order valence-electron chi connectivity index (χ4n) is 1.86. The second kappa shape index (κ2) is 12.9. The van der Waals surface area contributed by atoms with Gasteiger partial charge in [-0.1, -0.05) is 52.4 Å². The molecule has 0 N–H and O–H groups in total. The fourth-order valence-corrected chi connectivity index (χ4v) is 2.22. The molecule has 0 amide bonds. The van der Waals surface area contributed by atoms with Gasteiger partial charge in [-0.2, -0.15) is 0 Å². The van der Waals surface area contributed by atoms with Crippen molar-refractivity contribution in [1.82, 2.24) is 0 Å². The summed E-state index contributed by atoms with van der Waals surface area (Å²) in [5.41, 5.74) is 0. The third kappa shape index (κ3) is 14.9. The SMILES string of the molecule is CCCCCC(CCCCC)COS(=O)(=O)[O-].[Na+]. The number of hydrogen-bond donors (Lipinski definition) is 0. The quantitative estimate of drug-likeness (QED) is 0.236. The molecular formula is C12H25NaO4S. The Balaban J connectivity index is 0. The normalized spacial score (nSPS) is 11.6. The van der Waals surface area contributed by atoms with Crippen LogP contribution in [-0.2, 0) is 14.6 Å². The summed E-state index contributed by atoms with van der Waals surface area (Å²) < 4.78 is 35.6. The Bertz CT molecular complexity index is 257. The van der Waals surface area contributed by atoms with E-state index in [4.69, 9.17) is 0 Å². The van der Waals surface area contributed by atoms with E-state index in [1.807, 2.05) is 0 Å². The van der Waals surface area contributed by atoms with Crippen molar-refractivity contribution in [2.45, 2.75) is 65.2 Å². The van der Waals surface area contributed by atoms with E-state index in [0.29, 0.717) is 0 Å². The van der Waals surface area contributed by atoms with Crippen molar-refractivity contribution in [3.05, 3.63) is 0 Å². The van der Waals surface area contributed by atoms with Gasteiger partial charge in [-0.3, -0.25) is 4.18 Å². The minimum atomic E-state index is -4.53. The van der Waals surface area contributed by atoms with Crippen molar-refractivity contribution in [2.75, 3.05) is 6.61 Å². The number of rotatable bonds is 11. The van der Waals surface area contributed by atoms with Crippen LogP contribution in [0.25, 0.3) is 0 Å². The minimum Gasteiger partial charge on any atom is -0.726 e. The summed E-state index contributed by atoms with van der Waals surface area (Å²) in [6, 6.07) is 0. The molecule has 0 aromatic heterocycles. The third-order valence-corrected chi connectivity index (χ3v) is 3.30. The summed E-state index contributed by atoms with van der Waals surface area (Å²) in [4.78, 5) is 0. The number of hydrogen-bond acceptors (Lipinski definition) is 4. The zero-order valence-electron chi connectivity index (χ0n) is 12.0. The van der Waals surface area contributed by atoms with E-state index >= 15 is 0 Å². The van der Waals surface area contributed by atoms with E-state index in [9.17, 15) is 13.0 Å². The van der Waals surface area contributed by atoms with Gasteiger partial charge < -0.3 is 4.55 Å². The molecule has 0 spiro atoms. The first-order valence-electron chi connectivity index (χ1n) is 6.59. The second-order valence-corrected chi connectivity index (χ2v) is 5.60. The first-order chi connectivity index (χ1) is 7.99. The maximum absolute atomic E-state index is 10.4. The van der Waals surface area contributed by atoms with Crippen molar-refractivity contribution in [1.29, 1.82) is 0 Å². The molecule has 0 bridgehead atoms. The van der Waals surface area contributed by atoms with Crippen molar-refractivity contribution >= 4 is 10.4 Å². The van der Waals surface area contributed by atoms with Crippen LogP contribution >= 0.6 is 0 Å². The maximum Gasteiger partial charge on any atom is 1.00 e. The Kier molecular flexibility index (Phi) is 15.2. The van der Waals surface area contributed by atoms with Crippen LogP contribution in [0.15, 0.2) is 0 Å². The van der Waals surface area contributed by atoms with Gasteiger partial charge in [0.25, 0.3) is 0 Å². The zero-order chi connectivity index (χ0) is 13.1. The Morgan fingerprint density at radius 3 is 1.78 bits per heavy atom. The molecular weight excluding hydrogens is 263 g/mol. The van der Waals surface area contributed by atoms with Gasteiger partial charge in [-0.25, -0.2) is 8.42 Å². The average molecular weight is 288 g/mol. The summed E-state index contributed by atoms with van der Waals surface area (Å²) >= 11 is 0. The van der Waals surface area contributed by atoms with Crippen LogP contribution in [0.5, 0.6) is 0 Å². The van der Waals surface area contributed by atoms with E-state index in [2.05, 4.69) is 18.0 Å². The van der Waals surface area contributed by atoms with Crippen LogP contribution < -0.4 is 29.6 Å². The van der Waals surface area contributed by atoms with Gasteiger partial charge in [0, 0.05) is 0 Å². The summed E-state index contributed by atoms with van der Waals surface area (Å²) in [6.07, 6.45) is 8.64. The van der Waals surface area contributed by atoms with Crippen LogP contribution in [-0.4, -0.2) is 19.6 Å². The molecule has 4 nitrogen and oxygen atoms in total. The average Bonchev–Trinajstić information content (AvgIpc) is 2.24. The molecule has 0 atom stereocenters. The Labute approximate surface area is 134 Å². The van der Waals surface area contributed by atoms with Gasteiger partial charge in [0.15, 0.2) is 0 Å². The molecule has 104 valence electrons. The summed E-state index contributed by atoms with van der Waals surface area (Å²) in [7, 11) is -4.53. The molecule has 6 heteroatoms. The van der Waals surface area contributed by atoms with E-state index in [0.717, 1.165) is 51.4 Å². The molecule has 0 aliphatic rings. The molecule has 0 aromatic carbocycles. The number of unbranched alkanes of at least 4 members (excludes halogenated alkanes) is 4. The Morgan fingerprint density at radius 1 is 1.00 bits per heavy atom. The molecule has 0 unspecified atom stereocenters. The molecule has 0 radical (unpaired) electrons. The Morgan fingerprint density at radius 2 is 1.44 bits per heavy atom. The molecule has 0 rings (SSSR count). The standard InChI is InChI=1S/C12H26O4S.Na/c1-3-5-7-9-12(10-8-6-4-2)11-16-17(13,14)15;/h12H,3-11H2,1-2H3,(H,13,14,15);/q;+1/p-1. The molecule has 0 heterocycles. The van der Waals surface area contributed by atoms with E-state index in [-0.39, 0.29) is 42.1 Å². The van der Waals surface area contributed by atoms with Crippen LogP contribution in [0, 0.1) is 5.92 Å². The van der Waals surface area contributed by atoms with Crippen molar-refractivity contribution in [2.24, 2.45) is 5.92 Å². The summed E-state index contributed by atoms with van der Waals surface area (Å²) in [6.45, 7) is 4.31. The van der Waals surface area contributed by atoms with Gasteiger partial charge in [-0.05, 0) is 18.8 Å². The molecule has 0 saturated heterocycles. The van der Waals surface area contributed by atoms with Crippen LogP contribution in [0.4, 0.5) is 0 Å². The van der Waals surface area contributed by atoms with Crippen LogP contribution in [0.2, 0.25) is 0 Å². The first-order valence-corrected chi connectivity index (χ1v) is 7.93. The topological polar surface area (TPSA) is 66.4 Å². The predicted molar refractivity (Wildman–Crippen MR) is 67.4 cm³/mol. The predicted octanol–water partition coefficient (Wildman–Crippen LogP) is 0.244. The van der Waals surface area contributed by atoms with E-state index in [1.54, 1.807) is 0 Å². The molecule has 0 saturated carbocycles. The molecule has 0 fully saturated rings. The second-order valence-electron chi connectivity index (χ2n) is 4.55. The Hall–Kier alpha value is 0.870. The third-order valence-electron chi connectivity index (χ3n) is 2.88. The molecule has 0 aliphatic carbocycles. The van der Waals surface area contributed by atoms with E-state index in [1.165, 1.54) is 0 Å². The van der Waals surface area contributed by atoms with Gasteiger partial charge in [0.1, 0.15) is 0 Å². The van der Waals surface area contributed by atoms with Crippen molar-refractivity contribution < 1.29 is 46.7 Å². The monoisotopic (exact) mass is 288 g/mol. The molecule has 0 aliphatic heterocycles. The minimum absolute atomic E-state index is 0. The largest absolute Gasteiger partial charge is 1.00 e. The van der Waals surface area contributed by atoms with Gasteiger partial charge in [-0.15, -0.1) is 0 Å². The van der Waals surface area contributed by atoms with Gasteiger partial charge in [0.2, 0.25) is 10.4 Å². The molecule has 18 heavy (non-hydrogen) atoms.